The van der Waals surface area contributed by atoms with Gasteiger partial charge in [0.1, 0.15) is 0 Å². The molecule has 0 unspecified atom stereocenters. The first-order valence-electron chi connectivity index (χ1n) is 4.76. The first kappa shape index (κ1) is 10.7. The molecule has 78 valence electrons. The maximum absolute atomic E-state index is 11.6. The Hall–Kier alpha value is -1.39. The van der Waals surface area contributed by atoms with Crippen molar-refractivity contribution in [2.24, 2.45) is 0 Å². The van der Waals surface area contributed by atoms with Crippen LogP contribution in [0.25, 0.3) is 0 Å². The Morgan fingerprint density at radius 2 is 1.64 bits per heavy atom. The molecule has 0 N–H and O–H groups in total. The first-order valence-corrected chi connectivity index (χ1v) is 4.76. The minimum atomic E-state index is -0.484. The quantitative estimate of drug-likeness (QED) is 0.610. The van der Waals surface area contributed by atoms with E-state index in [0.717, 1.165) is 4.90 Å². The van der Waals surface area contributed by atoms with Crippen molar-refractivity contribution in [2.75, 3.05) is 13.1 Å². The SMILES string of the molecule is CCN(CC)C(=O)N1C(=O)CCC1=O. The number of carbonyl (C=O) groups excluding carboxylic acids is 3. The number of hydrogen-bond acceptors (Lipinski definition) is 3. The Morgan fingerprint density at radius 1 is 1.21 bits per heavy atom. The number of amides is 4. The summed E-state index contributed by atoms with van der Waals surface area (Å²) in [6.07, 6.45) is 0.317. The summed E-state index contributed by atoms with van der Waals surface area (Å²) < 4.78 is 0. The predicted octanol–water partition coefficient (Wildman–Crippen LogP) is 0.597. The number of nitrogens with zero attached hydrogens (tertiary/aromatic N) is 2. The van der Waals surface area contributed by atoms with Crippen molar-refractivity contribution in [2.45, 2.75) is 26.7 Å². The van der Waals surface area contributed by atoms with E-state index in [9.17, 15) is 14.4 Å². The van der Waals surface area contributed by atoms with Gasteiger partial charge in [0.25, 0.3) is 0 Å². The van der Waals surface area contributed by atoms with Crippen molar-refractivity contribution in [1.29, 1.82) is 0 Å². The molecule has 1 aliphatic heterocycles. The van der Waals surface area contributed by atoms with E-state index in [0.29, 0.717) is 13.1 Å². The summed E-state index contributed by atoms with van der Waals surface area (Å²) in [6, 6.07) is -0.484. The van der Waals surface area contributed by atoms with Crippen LogP contribution in [-0.4, -0.2) is 40.7 Å². The predicted molar refractivity (Wildman–Crippen MR) is 49.4 cm³/mol. The summed E-state index contributed by atoms with van der Waals surface area (Å²) in [4.78, 5) is 36.3. The third-order valence-corrected chi connectivity index (χ3v) is 2.28. The number of carbonyl (C=O) groups is 3. The monoisotopic (exact) mass is 198 g/mol. The highest BCUT2D eigenvalue weighted by Gasteiger charge is 2.36. The molecule has 4 amide bonds. The van der Waals surface area contributed by atoms with Crippen LogP contribution in [0.3, 0.4) is 0 Å². The number of rotatable bonds is 2. The maximum Gasteiger partial charge on any atom is 0.333 e. The zero-order valence-corrected chi connectivity index (χ0v) is 8.45. The summed E-state index contributed by atoms with van der Waals surface area (Å²) in [6.45, 7) is 4.64. The number of imide groups is 3. The Bertz CT molecular complexity index is 255. The minimum Gasteiger partial charge on any atom is -0.324 e. The summed E-state index contributed by atoms with van der Waals surface area (Å²) in [5, 5.41) is 0. The van der Waals surface area contributed by atoms with Gasteiger partial charge in [-0.2, -0.15) is 0 Å². The van der Waals surface area contributed by atoms with Crippen LogP contribution in [0.15, 0.2) is 0 Å². The van der Waals surface area contributed by atoms with Crippen LogP contribution in [-0.2, 0) is 9.59 Å². The van der Waals surface area contributed by atoms with Gasteiger partial charge in [0.15, 0.2) is 0 Å². The van der Waals surface area contributed by atoms with Crippen molar-refractivity contribution in [1.82, 2.24) is 9.80 Å². The molecule has 0 radical (unpaired) electrons. The smallest absolute Gasteiger partial charge is 0.324 e. The van der Waals surface area contributed by atoms with Gasteiger partial charge in [-0.05, 0) is 13.8 Å². The largest absolute Gasteiger partial charge is 0.333 e. The average Bonchev–Trinajstić information content (AvgIpc) is 2.48. The van der Waals surface area contributed by atoms with Gasteiger partial charge in [0, 0.05) is 25.9 Å². The van der Waals surface area contributed by atoms with Crippen LogP contribution < -0.4 is 0 Å². The molecule has 0 atom stereocenters. The molecule has 5 heteroatoms. The van der Waals surface area contributed by atoms with E-state index in [1.54, 1.807) is 0 Å². The van der Waals surface area contributed by atoms with Crippen molar-refractivity contribution in [3.8, 4) is 0 Å². The Morgan fingerprint density at radius 3 is 2.00 bits per heavy atom. The molecule has 1 aliphatic rings. The zero-order chi connectivity index (χ0) is 10.7. The number of hydrogen-bond donors (Lipinski definition) is 0. The second-order valence-electron chi connectivity index (χ2n) is 3.08. The van der Waals surface area contributed by atoms with Crippen LogP contribution in [0, 0.1) is 0 Å². The molecule has 0 aromatic rings. The molecule has 1 rings (SSSR count). The summed E-state index contributed by atoms with van der Waals surface area (Å²) in [5.41, 5.74) is 0. The topological polar surface area (TPSA) is 57.7 Å². The zero-order valence-electron chi connectivity index (χ0n) is 8.45. The van der Waals surface area contributed by atoms with Crippen LogP contribution >= 0.6 is 0 Å². The average molecular weight is 198 g/mol. The van der Waals surface area contributed by atoms with E-state index in [1.807, 2.05) is 13.8 Å². The summed E-state index contributed by atoms with van der Waals surface area (Å²) in [7, 11) is 0. The van der Waals surface area contributed by atoms with E-state index >= 15 is 0 Å². The molecule has 0 aliphatic carbocycles. The van der Waals surface area contributed by atoms with E-state index in [-0.39, 0.29) is 24.7 Å². The lowest BCUT2D eigenvalue weighted by atomic mass is 10.4. The van der Waals surface area contributed by atoms with Gasteiger partial charge in [-0.15, -0.1) is 0 Å². The normalized spacial score (nSPS) is 16.3. The van der Waals surface area contributed by atoms with Gasteiger partial charge in [-0.1, -0.05) is 0 Å². The molecule has 1 fully saturated rings. The van der Waals surface area contributed by atoms with E-state index < -0.39 is 6.03 Å². The lowest BCUT2D eigenvalue weighted by molar-refractivity contribution is -0.135. The summed E-state index contributed by atoms with van der Waals surface area (Å²) in [5.74, 6) is -0.765. The minimum absolute atomic E-state index is 0.159. The fourth-order valence-corrected chi connectivity index (χ4v) is 1.43. The van der Waals surface area contributed by atoms with E-state index in [4.69, 9.17) is 0 Å². The molecule has 0 bridgehead atoms. The second-order valence-corrected chi connectivity index (χ2v) is 3.08. The van der Waals surface area contributed by atoms with Crippen molar-refractivity contribution >= 4 is 17.8 Å². The highest BCUT2D eigenvalue weighted by molar-refractivity contribution is 6.14. The third-order valence-electron chi connectivity index (χ3n) is 2.28. The highest BCUT2D eigenvalue weighted by Crippen LogP contribution is 2.13. The van der Waals surface area contributed by atoms with Gasteiger partial charge >= 0.3 is 6.03 Å². The Labute approximate surface area is 82.7 Å². The van der Waals surface area contributed by atoms with Gasteiger partial charge < -0.3 is 4.90 Å². The number of urea groups is 1. The molecule has 14 heavy (non-hydrogen) atoms. The van der Waals surface area contributed by atoms with Gasteiger partial charge in [0.05, 0.1) is 0 Å². The van der Waals surface area contributed by atoms with Crippen LogP contribution in [0.4, 0.5) is 4.79 Å². The second kappa shape index (κ2) is 4.21. The molecule has 0 aromatic carbocycles. The molecular formula is C9H14N2O3. The lowest BCUT2D eigenvalue weighted by Crippen LogP contribution is -2.45. The van der Waals surface area contributed by atoms with Crippen molar-refractivity contribution in [3.05, 3.63) is 0 Å². The molecule has 1 saturated heterocycles. The Kier molecular flexibility index (Phi) is 3.22. The molecule has 0 saturated carbocycles. The number of likely N-dealkylation sites (tertiary alicyclic amines) is 1. The molecule has 0 aromatic heterocycles. The molecule has 0 spiro atoms. The van der Waals surface area contributed by atoms with E-state index in [1.165, 1.54) is 4.90 Å². The molecule has 1 heterocycles. The molecular weight excluding hydrogens is 184 g/mol. The van der Waals surface area contributed by atoms with Gasteiger partial charge in [-0.25, -0.2) is 9.69 Å². The van der Waals surface area contributed by atoms with E-state index in [2.05, 4.69) is 0 Å². The highest BCUT2D eigenvalue weighted by atomic mass is 16.2. The molecule has 5 nitrogen and oxygen atoms in total. The fraction of sp³-hybridized carbons (Fsp3) is 0.667. The lowest BCUT2D eigenvalue weighted by Gasteiger charge is -2.22. The maximum atomic E-state index is 11.6. The third kappa shape index (κ3) is 1.76. The Balaban J connectivity index is 2.77. The van der Waals surface area contributed by atoms with Crippen molar-refractivity contribution in [3.63, 3.8) is 0 Å². The summed E-state index contributed by atoms with van der Waals surface area (Å²) >= 11 is 0. The van der Waals surface area contributed by atoms with Crippen LogP contribution in [0.2, 0.25) is 0 Å². The van der Waals surface area contributed by atoms with Crippen molar-refractivity contribution < 1.29 is 14.4 Å². The standard InChI is InChI=1S/C9H14N2O3/c1-3-10(4-2)9(14)11-7(12)5-6-8(11)13/h3-6H2,1-2H3. The van der Waals surface area contributed by atoms with Crippen LogP contribution in [0.1, 0.15) is 26.7 Å². The first-order chi connectivity index (χ1) is 6.61. The fourth-order valence-electron chi connectivity index (χ4n) is 1.43. The van der Waals surface area contributed by atoms with Crippen LogP contribution in [0.5, 0.6) is 0 Å². The van der Waals surface area contributed by atoms with Gasteiger partial charge in [-0.3, -0.25) is 9.59 Å². The van der Waals surface area contributed by atoms with Gasteiger partial charge in [0.2, 0.25) is 11.8 Å².